The zero-order chi connectivity index (χ0) is 13.3. The molecule has 6 heteroatoms. The van der Waals surface area contributed by atoms with E-state index in [2.05, 4.69) is 20.5 Å². The minimum absolute atomic E-state index is 0.286. The van der Waals surface area contributed by atoms with Crippen molar-refractivity contribution in [1.82, 2.24) is 20.5 Å². The average molecular weight is 260 g/mol. The second kappa shape index (κ2) is 7.15. The Bertz CT molecular complexity index is 485. The number of aromatic nitrogens is 3. The van der Waals surface area contributed by atoms with Gasteiger partial charge in [0.2, 0.25) is 0 Å². The number of ether oxygens (including phenoxy) is 1. The largest absolute Gasteiger partial charge is 0.445 e. The van der Waals surface area contributed by atoms with Crippen molar-refractivity contribution in [3.8, 4) is 0 Å². The molecule has 0 atom stereocenters. The summed E-state index contributed by atoms with van der Waals surface area (Å²) in [6.07, 6.45) is 2.60. The Kier molecular flexibility index (Phi) is 4.92. The number of rotatable bonds is 6. The fourth-order valence-corrected chi connectivity index (χ4v) is 1.57. The predicted octanol–water partition coefficient (Wildman–Crippen LogP) is 1.66. The van der Waals surface area contributed by atoms with Gasteiger partial charge in [-0.25, -0.2) is 9.78 Å². The molecule has 2 rings (SSSR count). The van der Waals surface area contributed by atoms with Crippen molar-refractivity contribution in [3.63, 3.8) is 0 Å². The summed E-state index contributed by atoms with van der Waals surface area (Å²) in [6, 6.07) is 9.57. The molecule has 1 aromatic heterocycles. The van der Waals surface area contributed by atoms with Crippen LogP contribution in [0.4, 0.5) is 4.79 Å². The summed E-state index contributed by atoms with van der Waals surface area (Å²) in [6.45, 7) is 0.836. The van der Waals surface area contributed by atoms with Crippen LogP contribution in [0.3, 0.4) is 0 Å². The molecule has 0 spiro atoms. The van der Waals surface area contributed by atoms with Gasteiger partial charge in [-0.1, -0.05) is 30.3 Å². The van der Waals surface area contributed by atoms with Gasteiger partial charge in [0.1, 0.15) is 18.8 Å². The molecule has 0 radical (unpaired) electrons. The second-order valence-electron chi connectivity index (χ2n) is 4.02. The van der Waals surface area contributed by atoms with Gasteiger partial charge in [-0.3, -0.25) is 5.10 Å². The number of carbonyl (C=O) groups excluding carboxylic acids is 1. The van der Waals surface area contributed by atoms with Crippen molar-refractivity contribution in [2.45, 2.75) is 19.4 Å². The van der Waals surface area contributed by atoms with Crippen LogP contribution in [-0.4, -0.2) is 27.8 Å². The van der Waals surface area contributed by atoms with E-state index in [0.29, 0.717) is 6.54 Å². The smallest absolute Gasteiger partial charge is 0.407 e. The zero-order valence-electron chi connectivity index (χ0n) is 10.5. The van der Waals surface area contributed by atoms with Gasteiger partial charge in [0.15, 0.2) is 0 Å². The minimum Gasteiger partial charge on any atom is -0.445 e. The van der Waals surface area contributed by atoms with Crippen molar-refractivity contribution in [2.24, 2.45) is 0 Å². The Balaban J connectivity index is 1.57. The number of nitrogens with zero attached hydrogens (tertiary/aromatic N) is 2. The Hall–Kier alpha value is -2.37. The van der Waals surface area contributed by atoms with Crippen molar-refractivity contribution in [1.29, 1.82) is 0 Å². The fourth-order valence-electron chi connectivity index (χ4n) is 1.57. The lowest BCUT2D eigenvalue weighted by atomic mass is 10.2. The number of aryl methyl sites for hydroxylation is 1. The monoisotopic (exact) mass is 260 g/mol. The lowest BCUT2D eigenvalue weighted by molar-refractivity contribution is 0.139. The van der Waals surface area contributed by atoms with E-state index in [1.165, 1.54) is 6.33 Å². The lowest BCUT2D eigenvalue weighted by Crippen LogP contribution is -2.25. The van der Waals surface area contributed by atoms with Crippen molar-refractivity contribution < 1.29 is 9.53 Å². The summed E-state index contributed by atoms with van der Waals surface area (Å²) in [5.74, 6) is 0.819. The molecular formula is C13H16N4O2. The van der Waals surface area contributed by atoms with Crippen LogP contribution < -0.4 is 5.32 Å². The third kappa shape index (κ3) is 4.79. The van der Waals surface area contributed by atoms with Gasteiger partial charge in [-0.15, -0.1) is 0 Å². The highest BCUT2D eigenvalue weighted by molar-refractivity contribution is 5.67. The van der Waals surface area contributed by atoms with E-state index in [9.17, 15) is 4.79 Å². The van der Waals surface area contributed by atoms with Crippen molar-refractivity contribution in [3.05, 3.63) is 48.0 Å². The van der Waals surface area contributed by atoms with Gasteiger partial charge in [0, 0.05) is 13.0 Å². The molecule has 0 aliphatic carbocycles. The summed E-state index contributed by atoms with van der Waals surface area (Å²) in [5.41, 5.74) is 0.972. The van der Waals surface area contributed by atoms with Crippen LogP contribution >= 0.6 is 0 Å². The van der Waals surface area contributed by atoms with Crippen LogP contribution in [0.25, 0.3) is 0 Å². The highest BCUT2D eigenvalue weighted by Crippen LogP contribution is 2.00. The highest BCUT2D eigenvalue weighted by Gasteiger charge is 2.02. The fraction of sp³-hybridized carbons (Fsp3) is 0.308. The van der Waals surface area contributed by atoms with Crippen LogP contribution in [-0.2, 0) is 17.8 Å². The molecule has 100 valence electrons. The summed E-state index contributed by atoms with van der Waals surface area (Å²) in [4.78, 5) is 15.4. The maximum Gasteiger partial charge on any atom is 0.407 e. The molecule has 0 saturated carbocycles. The Morgan fingerprint density at radius 1 is 1.32 bits per heavy atom. The third-order valence-electron chi connectivity index (χ3n) is 2.54. The molecule has 1 aromatic carbocycles. The van der Waals surface area contributed by atoms with Crippen LogP contribution in [0.2, 0.25) is 0 Å². The first-order valence-corrected chi connectivity index (χ1v) is 6.13. The Labute approximate surface area is 111 Å². The van der Waals surface area contributed by atoms with Gasteiger partial charge >= 0.3 is 6.09 Å². The van der Waals surface area contributed by atoms with Gasteiger partial charge in [0.25, 0.3) is 0 Å². The number of benzene rings is 1. The van der Waals surface area contributed by atoms with Crippen molar-refractivity contribution >= 4 is 6.09 Å². The number of hydrogen-bond donors (Lipinski definition) is 2. The first-order valence-electron chi connectivity index (χ1n) is 6.13. The Morgan fingerprint density at radius 3 is 2.89 bits per heavy atom. The summed E-state index contributed by atoms with van der Waals surface area (Å²) in [7, 11) is 0. The van der Waals surface area contributed by atoms with E-state index < -0.39 is 6.09 Å². The molecule has 6 nitrogen and oxygen atoms in total. The van der Waals surface area contributed by atoms with E-state index in [1.54, 1.807) is 0 Å². The summed E-state index contributed by atoms with van der Waals surface area (Å²) in [5, 5.41) is 9.21. The number of aromatic amines is 1. The van der Waals surface area contributed by atoms with Crippen LogP contribution in [0.1, 0.15) is 17.8 Å². The number of amides is 1. The minimum atomic E-state index is -0.401. The number of nitrogens with one attached hydrogen (secondary N) is 2. The molecule has 1 amide bonds. The Morgan fingerprint density at radius 2 is 2.16 bits per heavy atom. The van der Waals surface area contributed by atoms with Gasteiger partial charge < -0.3 is 10.1 Å². The molecule has 1 heterocycles. The molecule has 0 fully saturated rings. The number of H-pyrrole nitrogens is 1. The van der Waals surface area contributed by atoms with E-state index in [4.69, 9.17) is 4.74 Å². The lowest BCUT2D eigenvalue weighted by Gasteiger charge is -2.06. The normalized spacial score (nSPS) is 10.1. The second-order valence-corrected chi connectivity index (χ2v) is 4.02. The number of carbonyl (C=O) groups is 1. The summed E-state index contributed by atoms with van der Waals surface area (Å²) < 4.78 is 5.08. The van der Waals surface area contributed by atoms with Gasteiger partial charge in [-0.2, -0.15) is 5.10 Å². The molecule has 0 aliphatic heterocycles. The quantitative estimate of drug-likeness (QED) is 0.774. The molecule has 0 bridgehead atoms. The first-order chi connectivity index (χ1) is 9.34. The third-order valence-corrected chi connectivity index (χ3v) is 2.54. The predicted molar refractivity (Wildman–Crippen MR) is 69.3 cm³/mol. The molecule has 2 aromatic rings. The number of alkyl carbamates (subject to hydrolysis) is 1. The van der Waals surface area contributed by atoms with Crippen LogP contribution in [0.5, 0.6) is 0 Å². The summed E-state index contributed by atoms with van der Waals surface area (Å²) >= 11 is 0. The molecule has 19 heavy (non-hydrogen) atoms. The number of hydrogen-bond acceptors (Lipinski definition) is 4. The average Bonchev–Trinajstić information content (AvgIpc) is 2.96. The SMILES string of the molecule is O=C(NCCCc1ncn[nH]1)OCc1ccccc1. The van der Waals surface area contributed by atoms with Crippen molar-refractivity contribution in [2.75, 3.05) is 6.54 Å². The maximum atomic E-state index is 11.4. The first kappa shape index (κ1) is 13.1. The topological polar surface area (TPSA) is 79.9 Å². The van der Waals surface area contributed by atoms with E-state index in [1.807, 2.05) is 30.3 Å². The van der Waals surface area contributed by atoms with E-state index >= 15 is 0 Å². The molecule has 2 N–H and O–H groups in total. The van der Waals surface area contributed by atoms with Crippen LogP contribution in [0, 0.1) is 0 Å². The van der Waals surface area contributed by atoms with E-state index in [-0.39, 0.29) is 6.61 Å². The van der Waals surface area contributed by atoms with E-state index in [0.717, 1.165) is 24.2 Å². The molecule has 0 unspecified atom stereocenters. The maximum absolute atomic E-state index is 11.4. The zero-order valence-corrected chi connectivity index (χ0v) is 10.5. The molecule has 0 saturated heterocycles. The van der Waals surface area contributed by atoms with Gasteiger partial charge in [0.05, 0.1) is 0 Å². The molecule has 0 aliphatic rings. The standard InChI is InChI=1S/C13H16N4O2/c18-13(19-9-11-5-2-1-3-6-11)14-8-4-7-12-15-10-16-17-12/h1-3,5-6,10H,4,7-9H2,(H,14,18)(H,15,16,17). The van der Waals surface area contributed by atoms with Crippen LogP contribution in [0.15, 0.2) is 36.7 Å². The van der Waals surface area contributed by atoms with Gasteiger partial charge in [-0.05, 0) is 12.0 Å². The molecular weight excluding hydrogens is 244 g/mol. The highest BCUT2D eigenvalue weighted by atomic mass is 16.5.